The van der Waals surface area contributed by atoms with Crippen LogP contribution in [0.1, 0.15) is 27.9 Å². The number of carbonyl (C=O) groups is 1. The lowest BCUT2D eigenvalue weighted by molar-refractivity contribution is 0.102. The Kier molecular flexibility index (Phi) is 4.20. The van der Waals surface area contributed by atoms with Crippen LogP contribution >= 0.6 is 0 Å². The maximum Gasteiger partial charge on any atom is 0.189 e. The van der Waals surface area contributed by atoms with Gasteiger partial charge in [-0.1, -0.05) is 18.2 Å². The van der Waals surface area contributed by atoms with Crippen molar-refractivity contribution in [2.45, 2.75) is 12.8 Å². The predicted molar refractivity (Wildman–Crippen MR) is 94.4 cm³/mol. The zero-order chi connectivity index (χ0) is 16.4. The van der Waals surface area contributed by atoms with E-state index in [1.165, 1.54) is 0 Å². The van der Waals surface area contributed by atoms with Crippen LogP contribution in [0.15, 0.2) is 48.0 Å². The molecule has 0 fully saturated rings. The average Bonchev–Trinajstić information content (AvgIpc) is 2.57. The molecule has 0 N–H and O–H groups in total. The van der Waals surface area contributed by atoms with Crippen molar-refractivity contribution in [2.24, 2.45) is 0 Å². The van der Waals surface area contributed by atoms with E-state index in [0.29, 0.717) is 0 Å². The smallest absolute Gasteiger partial charge is 0.189 e. The molecule has 3 nitrogen and oxygen atoms in total. The third-order valence-electron chi connectivity index (χ3n) is 4.27. The van der Waals surface area contributed by atoms with Gasteiger partial charge in [0.05, 0.1) is 7.11 Å². The molecule has 3 heteroatoms. The van der Waals surface area contributed by atoms with E-state index in [0.717, 1.165) is 46.5 Å². The predicted octanol–water partition coefficient (Wildman–Crippen LogP) is 3.97. The van der Waals surface area contributed by atoms with E-state index in [2.05, 4.69) is 29.2 Å². The fourth-order valence-corrected chi connectivity index (χ4v) is 2.88. The first kappa shape index (κ1) is 15.3. The number of nitrogens with zero attached hydrogens (tertiary/aromatic N) is 1. The molecule has 0 aliphatic heterocycles. The van der Waals surface area contributed by atoms with Crippen LogP contribution < -0.4 is 9.64 Å². The van der Waals surface area contributed by atoms with E-state index >= 15 is 0 Å². The van der Waals surface area contributed by atoms with E-state index in [9.17, 15) is 4.79 Å². The van der Waals surface area contributed by atoms with E-state index < -0.39 is 0 Å². The number of anilines is 1. The molecule has 0 aromatic heterocycles. The van der Waals surface area contributed by atoms with E-state index in [1.807, 2.05) is 38.4 Å². The second-order valence-corrected chi connectivity index (χ2v) is 6.01. The van der Waals surface area contributed by atoms with Crippen LogP contribution in [-0.2, 0) is 6.42 Å². The Morgan fingerprint density at radius 3 is 2.43 bits per heavy atom. The van der Waals surface area contributed by atoms with Gasteiger partial charge in [-0.15, -0.1) is 0 Å². The molecule has 0 heterocycles. The number of ketones is 1. The average molecular weight is 307 g/mol. The highest BCUT2D eigenvalue weighted by Gasteiger charge is 2.22. The van der Waals surface area contributed by atoms with Crippen LogP contribution in [0.2, 0.25) is 0 Å². The lowest BCUT2D eigenvalue weighted by atomic mass is 9.86. The van der Waals surface area contributed by atoms with Crippen molar-refractivity contribution in [3.63, 3.8) is 0 Å². The van der Waals surface area contributed by atoms with Gasteiger partial charge in [-0.25, -0.2) is 0 Å². The second kappa shape index (κ2) is 6.29. The number of aryl methyl sites for hydroxylation is 1. The summed E-state index contributed by atoms with van der Waals surface area (Å²) in [5.74, 6) is 0.843. The second-order valence-electron chi connectivity index (χ2n) is 6.01. The Morgan fingerprint density at radius 2 is 1.78 bits per heavy atom. The summed E-state index contributed by atoms with van der Waals surface area (Å²) in [6.07, 6.45) is 3.68. The minimum atomic E-state index is 0.113. The lowest BCUT2D eigenvalue weighted by Crippen LogP contribution is -2.14. The van der Waals surface area contributed by atoms with Crippen molar-refractivity contribution >= 4 is 17.5 Å². The number of allylic oxidation sites excluding steroid dienone is 1. The molecule has 0 amide bonds. The van der Waals surface area contributed by atoms with E-state index in [-0.39, 0.29) is 5.78 Å². The third-order valence-corrected chi connectivity index (χ3v) is 4.27. The van der Waals surface area contributed by atoms with Crippen LogP contribution in [0.3, 0.4) is 0 Å². The van der Waals surface area contributed by atoms with Gasteiger partial charge < -0.3 is 9.64 Å². The van der Waals surface area contributed by atoms with Crippen molar-refractivity contribution in [1.82, 2.24) is 0 Å². The molecule has 2 aromatic carbocycles. The fraction of sp³-hybridized carbons (Fsp3) is 0.250. The standard InChI is InChI=1S/C20H21NO2/c1-21(2)17-9-4-14(5-10-17)12-16-7-6-15-8-11-18(23-3)13-19(15)20(16)22/h4-5,8-13H,6-7H2,1-3H3/b16-12+. The van der Waals surface area contributed by atoms with E-state index in [1.54, 1.807) is 7.11 Å². The molecule has 3 rings (SSSR count). The van der Waals surface area contributed by atoms with Crippen molar-refractivity contribution in [3.8, 4) is 5.75 Å². The Morgan fingerprint density at radius 1 is 1.04 bits per heavy atom. The normalized spacial score (nSPS) is 15.4. The molecule has 118 valence electrons. The van der Waals surface area contributed by atoms with Crippen LogP contribution in [0.5, 0.6) is 5.75 Å². The van der Waals surface area contributed by atoms with Gasteiger partial charge in [-0.05, 0) is 54.3 Å². The van der Waals surface area contributed by atoms with Crippen LogP contribution in [0, 0.1) is 0 Å². The zero-order valence-corrected chi connectivity index (χ0v) is 13.8. The number of carbonyl (C=O) groups excluding carboxylic acids is 1. The first-order valence-electron chi connectivity index (χ1n) is 7.78. The van der Waals surface area contributed by atoms with Crippen molar-refractivity contribution < 1.29 is 9.53 Å². The topological polar surface area (TPSA) is 29.5 Å². The highest BCUT2D eigenvalue weighted by Crippen LogP contribution is 2.29. The van der Waals surface area contributed by atoms with Crippen LogP contribution in [0.4, 0.5) is 5.69 Å². The molecule has 23 heavy (non-hydrogen) atoms. The number of Topliss-reactive ketones (excluding diaryl/α,β-unsaturated/α-hetero) is 1. The van der Waals surface area contributed by atoms with Crippen LogP contribution in [0.25, 0.3) is 6.08 Å². The molecule has 0 bridgehead atoms. The molecule has 0 saturated carbocycles. The molecule has 2 aromatic rings. The molecular weight excluding hydrogens is 286 g/mol. The molecule has 0 saturated heterocycles. The van der Waals surface area contributed by atoms with E-state index in [4.69, 9.17) is 4.74 Å². The molecule has 0 atom stereocenters. The largest absolute Gasteiger partial charge is 0.497 e. The van der Waals surface area contributed by atoms with Gasteiger partial charge in [-0.3, -0.25) is 4.79 Å². The number of benzene rings is 2. The highest BCUT2D eigenvalue weighted by molar-refractivity contribution is 6.13. The van der Waals surface area contributed by atoms with Gasteiger partial charge in [0.2, 0.25) is 0 Å². The maximum atomic E-state index is 12.7. The Bertz CT molecular complexity index is 758. The number of ether oxygens (including phenoxy) is 1. The summed E-state index contributed by atoms with van der Waals surface area (Å²) in [7, 11) is 5.66. The Labute approximate surface area is 137 Å². The molecule has 0 unspecified atom stereocenters. The van der Waals surface area contributed by atoms with Crippen LogP contribution in [-0.4, -0.2) is 27.0 Å². The highest BCUT2D eigenvalue weighted by atomic mass is 16.5. The summed E-state index contributed by atoms with van der Waals surface area (Å²) in [5, 5.41) is 0. The monoisotopic (exact) mass is 307 g/mol. The Balaban J connectivity index is 1.90. The quantitative estimate of drug-likeness (QED) is 0.804. The summed E-state index contributed by atoms with van der Waals surface area (Å²) >= 11 is 0. The first-order chi connectivity index (χ1) is 11.1. The summed E-state index contributed by atoms with van der Waals surface area (Å²) in [5.41, 5.74) is 4.95. The summed E-state index contributed by atoms with van der Waals surface area (Å²) in [6.45, 7) is 0. The minimum Gasteiger partial charge on any atom is -0.497 e. The summed E-state index contributed by atoms with van der Waals surface area (Å²) in [4.78, 5) is 14.8. The fourth-order valence-electron chi connectivity index (χ4n) is 2.88. The summed E-state index contributed by atoms with van der Waals surface area (Å²) < 4.78 is 5.24. The summed E-state index contributed by atoms with van der Waals surface area (Å²) in [6, 6.07) is 14.0. The van der Waals surface area contributed by atoms with Gasteiger partial charge in [-0.2, -0.15) is 0 Å². The third kappa shape index (κ3) is 3.14. The van der Waals surface area contributed by atoms with Gasteiger partial charge in [0.25, 0.3) is 0 Å². The number of fused-ring (bicyclic) bond motifs is 1. The number of hydrogen-bond acceptors (Lipinski definition) is 3. The SMILES string of the molecule is COc1ccc2c(c1)C(=O)/C(=C/c1ccc(N(C)C)cc1)CC2. The van der Waals surface area contributed by atoms with Crippen molar-refractivity contribution in [1.29, 1.82) is 0 Å². The van der Waals surface area contributed by atoms with Gasteiger partial charge in [0, 0.05) is 30.9 Å². The Hall–Kier alpha value is -2.55. The minimum absolute atomic E-state index is 0.113. The zero-order valence-electron chi connectivity index (χ0n) is 13.8. The molecule has 1 aliphatic rings. The molecule has 1 aliphatic carbocycles. The molecule has 0 radical (unpaired) electrons. The van der Waals surface area contributed by atoms with Gasteiger partial charge in [0.1, 0.15) is 5.75 Å². The number of methoxy groups -OCH3 is 1. The van der Waals surface area contributed by atoms with Crippen molar-refractivity contribution in [2.75, 3.05) is 26.1 Å². The number of rotatable bonds is 3. The van der Waals surface area contributed by atoms with Gasteiger partial charge >= 0.3 is 0 Å². The molecular formula is C20H21NO2. The molecule has 0 spiro atoms. The van der Waals surface area contributed by atoms with Gasteiger partial charge in [0.15, 0.2) is 5.78 Å². The first-order valence-corrected chi connectivity index (χ1v) is 7.78. The number of hydrogen-bond donors (Lipinski definition) is 0. The lowest BCUT2D eigenvalue weighted by Gasteiger charge is -2.18. The van der Waals surface area contributed by atoms with Crippen molar-refractivity contribution in [3.05, 3.63) is 64.7 Å². The maximum absolute atomic E-state index is 12.7.